The molecule has 0 aliphatic rings. The summed E-state index contributed by atoms with van der Waals surface area (Å²) in [5.41, 5.74) is 10.8. The van der Waals surface area contributed by atoms with Gasteiger partial charge in [0.1, 0.15) is 0 Å². The molecule has 3 aromatic heterocycles. The lowest BCUT2D eigenvalue weighted by atomic mass is 10.00. The Hall–Kier alpha value is -8.08. The molecule has 10 aromatic carbocycles. The van der Waals surface area contributed by atoms with Crippen molar-refractivity contribution in [1.29, 1.82) is 0 Å². The second kappa shape index (κ2) is 12.7. The highest BCUT2D eigenvalue weighted by molar-refractivity contribution is 6.24. The quantitative estimate of drug-likeness (QED) is 0.179. The van der Waals surface area contributed by atoms with Crippen molar-refractivity contribution in [3.05, 3.63) is 206 Å². The molecule has 3 heterocycles. The van der Waals surface area contributed by atoms with Gasteiger partial charge in [0, 0.05) is 49.1 Å². The third-order valence-electron chi connectivity index (χ3n) is 12.5. The maximum absolute atomic E-state index is 5.49. The highest BCUT2D eigenvalue weighted by Gasteiger charge is 2.21. The highest BCUT2D eigenvalue weighted by atomic mass is 15.0. The molecule has 0 unspecified atom stereocenters. The zero-order valence-electron chi connectivity index (χ0n) is 32.4. The van der Waals surface area contributed by atoms with Gasteiger partial charge in [-0.2, -0.15) is 0 Å². The van der Waals surface area contributed by atoms with Crippen LogP contribution in [0.25, 0.3) is 121 Å². The van der Waals surface area contributed by atoms with E-state index in [0.29, 0.717) is 5.82 Å². The van der Waals surface area contributed by atoms with E-state index in [1.54, 1.807) is 0 Å². The van der Waals surface area contributed by atoms with Gasteiger partial charge in [-0.3, -0.25) is 0 Å². The van der Waals surface area contributed by atoms with Crippen LogP contribution in [0.5, 0.6) is 0 Å². The number of para-hydroxylation sites is 3. The van der Waals surface area contributed by atoms with Gasteiger partial charge in [-0.1, -0.05) is 146 Å². The van der Waals surface area contributed by atoms with Gasteiger partial charge in [0.15, 0.2) is 5.82 Å². The summed E-state index contributed by atoms with van der Waals surface area (Å²) in [7, 11) is 0. The number of benzene rings is 10. The third kappa shape index (κ3) is 4.79. The monoisotopic (exact) mass is 762 g/mol. The average molecular weight is 763 g/mol. The van der Waals surface area contributed by atoms with Crippen LogP contribution in [0.15, 0.2) is 206 Å². The SMILES string of the molecule is c1ccc(-n2c3ccccc3c3ccc(-c4nc(-c5ccc(-n6c7cc8ccccc8cc7c7c8ccccc8ccc76)c6ccccc56)nc5ccccc45)cc32)cc1. The summed E-state index contributed by atoms with van der Waals surface area (Å²) in [5, 5.41) is 13.2. The molecule has 0 bridgehead atoms. The van der Waals surface area contributed by atoms with Gasteiger partial charge in [0.2, 0.25) is 0 Å². The van der Waals surface area contributed by atoms with Crippen LogP contribution < -0.4 is 0 Å². The molecule has 0 saturated heterocycles. The summed E-state index contributed by atoms with van der Waals surface area (Å²) in [6, 6.07) is 74.4. The number of hydrogen-bond acceptors (Lipinski definition) is 2. The average Bonchev–Trinajstić information content (AvgIpc) is 3.82. The zero-order valence-corrected chi connectivity index (χ0v) is 32.4. The second-order valence-electron chi connectivity index (χ2n) is 15.7. The summed E-state index contributed by atoms with van der Waals surface area (Å²) in [6.07, 6.45) is 0. The summed E-state index contributed by atoms with van der Waals surface area (Å²) in [4.78, 5) is 10.8. The van der Waals surface area contributed by atoms with Gasteiger partial charge in [0.05, 0.1) is 39.0 Å². The molecule has 0 aliphatic carbocycles. The number of aromatic nitrogens is 4. The van der Waals surface area contributed by atoms with Gasteiger partial charge in [-0.15, -0.1) is 0 Å². The predicted molar refractivity (Wildman–Crippen MR) is 252 cm³/mol. The number of fused-ring (bicyclic) bond motifs is 11. The van der Waals surface area contributed by atoms with Crippen LogP contribution >= 0.6 is 0 Å². The topological polar surface area (TPSA) is 35.6 Å². The lowest BCUT2D eigenvalue weighted by Crippen LogP contribution is -1.99. The van der Waals surface area contributed by atoms with E-state index in [-0.39, 0.29) is 0 Å². The van der Waals surface area contributed by atoms with E-state index in [1.807, 2.05) is 0 Å². The van der Waals surface area contributed by atoms with E-state index >= 15 is 0 Å². The molecule has 0 N–H and O–H groups in total. The van der Waals surface area contributed by atoms with Crippen LogP contribution in [0.2, 0.25) is 0 Å². The van der Waals surface area contributed by atoms with Crippen molar-refractivity contribution in [2.75, 3.05) is 0 Å². The summed E-state index contributed by atoms with van der Waals surface area (Å²) in [6.45, 7) is 0. The number of hydrogen-bond donors (Lipinski definition) is 0. The first-order valence-corrected chi connectivity index (χ1v) is 20.5. The molecule has 13 rings (SSSR count). The number of rotatable bonds is 4. The second-order valence-corrected chi connectivity index (χ2v) is 15.7. The van der Waals surface area contributed by atoms with Crippen LogP contribution in [0.4, 0.5) is 0 Å². The van der Waals surface area contributed by atoms with Crippen LogP contribution in [0, 0.1) is 0 Å². The Labute approximate surface area is 344 Å². The van der Waals surface area contributed by atoms with Crippen LogP contribution in [0.3, 0.4) is 0 Å². The van der Waals surface area contributed by atoms with E-state index in [1.165, 1.54) is 59.6 Å². The Morgan fingerprint density at radius 1 is 0.333 bits per heavy atom. The first-order valence-electron chi connectivity index (χ1n) is 20.5. The molecule has 4 heteroatoms. The zero-order chi connectivity index (χ0) is 39.3. The molecule has 60 heavy (non-hydrogen) atoms. The molecule has 0 spiro atoms. The maximum atomic E-state index is 5.49. The van der Waals surface area contributed by atoms with E-state index in [2.05, 4.69) is 215 Å². The minimum absolute atomic E-state index is 0.703. The molecule has 0 radical (unpaired) electrons. The Balaban J connectivity index is 1.05. The fourth-order valence-corrected chi connectivity index (χ4v) is 9.80. The van der Waals surface area contributed by atoms with Gasteiger partial charge in [-0.05, 0) is 87.6 Å². The minimum atomic E-state index is 0.703. The van der Waals surface area contributed by atoms with Crippen LogP contribution in [0.1, 0.15) is 0 Å². The lowest BCUT2D eigenvalue weighted by molar-refractivity contribution is 1.18. The summed E-state index contributed by atoms with van der Waals surface area (Å²) in [5.74, 6) is 0.703. The first kappa shape index (κ1) is 32.9. The fraction of sp³-hybridized carbons (Fsp3) is 0. The molecule has 0 aliphatic heterocycles. The van der Waals surface area contributed by atoms with Crippen LogP contribution in [-0.4, -0.2) is 19.1 Å². The van der Waals surface area contributed by atoms with Gasteiger partial charge in [0.25, 0.3) is 0 Å². The normalized spacial score (nSPS) is 12.0. The third-order valence-corrected chi connectivity index (χ3v) is 12.5. The number of nitrogens with zero attached hydrogens (tertiary/aromatic N) is 4. The van der Waals surface area contributed by atoms with Crippen LogP contribution in [-0.2, 0) is 0 Å². The first-order chi connectivity index (χ1) is 29.8. The van der Waals surface area contributed by atoms with Gasteiger partial charge >= 0.3 is 0 Å². The Morgan fingerprint density at radius 3 is 1.83 bits per heavy atom. The molecule has 0 fully saturated rings. The molecule has 278 valence electrons. The lowest BCUT2D eigenvalue weighted by Gasteiger charge is -2.16. The maximum Gasteiger partial charge on any atom is 0.161 e. The molecular weight excluding hydrogens is 729 g/mol. The fourth-order valence-electron chi connectivity index (χ4n) is 9.80. The molecule has 13 aromatic rings. The van der Waals surface area contributed by atoms with Gasteiger partial charge < -0.3 is 9.13 Å². The molecular formula is C56H34N4. The summed E-state index contributed by atoms with van der Waals surface area (Å²) < 4.78 is 4.83. The highest BCUT2D eigenvalue weighted by Crippen LogP contribution is 2.42. The van der Waals surface area contributed by atoms with Crippen molar-refractivity contribution in [1.82, 2.24) is 19.1 Å². The Bertz CT molecular complexity index is 3890. The van der Waals surface area contributed by atoms with Crippen molar-refractivity contribution in [2.45, 2.75) is 0 Å². The van der Waals surface area contributed by atoms with Crippen molar-refractivity contribution in [3.63, 3.8) is 0 Å². The van der Waals surface area contributed by atoms with E-state index < -0.39 is 0 Å². The van der Waals surface area contributed by atoms with Crippen molar-refractivity contribution in [2.24, 2.45) is 0 Å². The van der Waals surface area contributed by atoms with Crippen molar-refractivity contribution >= 4 is 86.8 Å². The molecule has 4 nitrogen and oxygen atoms in total. The minimum Gasteiger partial charge on any atom is -0.309 e. The summed E-state index contributed by atoms with van der Waals surface area (Å²) >= 11 is 0. The molecule has 0 atom stereocenters. The standard InChI is InChI=1S/C56H34N4/c1-2-17-39(18-3-1)59-49-25-13-11-22-43(49)44-28-26-38(34-52(44)59)55-46-23-10-12-24-48(46)57-56(58-55)45-29-31-50(42-21-9-8-20-41(42)45)60-51-30-27-35-14-6-7-19-40(35)54(51)47-32-36-15-4-5-16-37(36)33-53(47)60/h1-34H. The Kier molecular flexibility index (Phi) is 6.98. The molecule has 0 saturated carbocycles. The van der Waals surface area contributed by atoms with Crippen molar-refractivity contribution < 1.29 is 0 Å². The van der Waals surface area contributed by atoms with E-state index in [4.69, 9.17) is 9.97 Å². The smallest absolute Gasteiger partial charge is 0.161 e. The van der Waals surface area contributed by atoms with E-state index in [9.17, 15) is 0 Å². The van der Waals surface area contributed by atoms with Crippen molar-refractivity contribution in [3.8, 4) is 34.0 Å². The van der Waals surface area contributed by atoms with Gasteiger partial charge in [-0.25, -0.2) is 9.97 Å². The van der Waals surface area contributed by atoms with E-state index in [0.717, 1.165) is 55.4 Å². The largest absolute Gasteiger partial charge is 0.309 e. The predicted octanol–water partition coefficient (Wildman–Crippen LogP) is 14.6. The molecule has 0 amide bonds. The Morgan fingerprint density at radius 2 is 0.983 bits per heavy atom.